The molecule has 0 bridgehead atoms. The number of likely N-dealkylation sites (N-methyl/N-ethyl adjacent to an activating group) is 1. The topological polar surface area (TPSA) is 94.5 Å². The highest BCUT2D eigenvalue weighted by atomic mass is 32.2. The van der Waals surface area contributed by atoms with Gasteiger partial charge in [0.05, 0.1) is 6.04 Å². The first kappa shape index (κ1) is 30.0. The highest BCUT2D eigenvalue weighted by Gasteiger charge is 2.09. The highest BCUT2D eigenvalue weighted by Crippen LogP contribution is 2.18. The molecule has 0 aliphatic heterocycles. The molecule has 8 heteroatoms. The predicted octanol–water partition coefficient (Wildman–Crippen LogP) is 4.17. The molecule has 0 aliphatic rings. The summed E-state index contributed by atoms with van der Waals surface area (Å²) in [5, 5.41) is 18.0. The zero-order valence-electron chi connectivity index (χ0n) is 21.0. The lowest BCUT2D eigenvalue weighted by atomic mass is 10.1. The lowest BCUT2D eigenvalue weighted by Crippen LogP contribution is -2.24. The number of aliphatic hydroxyl groups is 1. The third kappa shape index (κ3) is 13.4. The molecule has 0 spiro atoms. The molecule has 1 aromatic heterocycles. The number of aromatic nitrogens is 2. The van der Waals surface area contributed by atoms with Crippen molar-refractivity contribution in [1.82, 2.24) is 20.6 Å². The summed E-state index contributed by atoms with van der Waals surface area (Å²) in [5.74, 6) is 0.587. The van der Waals surface area contributed by atoms with E-state index < -0.39 is 0 Å². The van der Waals surface area contributed by atoms with Crippen LogP contribution in [0.25, 0.3) is 0 Å². The fourth-order valence-corrected chi connectivity index (χ4v) is 3.14. The molecule has 0 radical (unpaired) electrons. The maximum absolute atomic E-state index is 7.57. The maximum Gasteiger partial charge on any atom is 0.227 e. The van der Waals surface area contributed by atoms with Crippen molar-refractivity contribution in [3.63, 3.8) is 0 Å². The van der Waals surface area contributed by atoms with Gasteiger partial charge in [0, 0.05) is 25.0 Å². The Morgan fingerprint density at radius 1 is 1.12 bits per heavy atom. The van der Waals surface area contributed by atoms with E-state index in [0.717, 1.165) is 36.1 Å². The van der Waals surface area contributed by atoms with Crippen LogP contribution in [0.2, 0.25) is 0 Å². The van der Waals surface area contributed by atoms with Gasteiger partial charge in [0.25, 0.3) is 0 Å². The second-order valence-corrected chi connectivity index (χ2v) is 7.88. The molecule has 2 rings (SSSR count). The SMILES string of the molecule is CCNC.CCNCC(C)N=C(SC)c1ccnc(Nc2cc(C)cc(C)c2)n1.CCO. The number of nitrogens with zero attached hydrogens (tertiary/aromatic N) is 3. The quantitative estimate of drug-likeness (QED) is 0.345. The Labute approximate surface area is 199 Å². The van der Waals surface area contributed by atoms with Crippen LogP contribution in [0.4, 0.5) is 11.6 Å². The minimum absolute atomic E-state index is 0.202. The van der Waals surface area contributed by atoms with Crippen molar-refractivity contribution in [2.24, 2.45) is 4.99 Å². The molecule has 1 heterocycles. The number of aliphatic imine (C=N–C) groups is 1. The molecule has 0 saturated heterocycles. The van der Waals surface area contributed by atoms with Gasteiger partial charge in [-0.2, -0.15) is 0 Å². The summed E-state index contributed by atoms with van der Waals surface area (Å²) in [5.41, 5.74) is 4.26. The molecule has 0 fully saturated rings. The van der Waals surface area contributed by atoms with E-state index in [0.29, 0.717) is 5.95 Å². The normalized spacial score (nSPS) is 11.6. The van der Waals surface area contributed by atoms with Crippen LogP contribution in [-0.2, 0) is 0 Å². The molecule has 32 heavy (non-hydrogen) atoms. The van der Waals surface area contributed by atoms with E-state index in [1.54, 1.807) is 24.9 Å². The Morgan fingerprint density at radius 3 is 2.22 bits per heavy atom. The van der Waals surface area contributed by atoms with Gasteiger partial charge >= 0.3 is 0 Å². The van der Waals surface area contributed by atoms with Crippen molar-refractivity contribution < 1.29 is 5.11 Å². The van der Waals surface area contributed by atoms with Crippen molar-refractivity contribution in [3.8, 4) is 0 Å². The van der Waals surface area contributed by atoms with Gasteiger partial charge in [-0.3, -0.25) is 4.99 Å². The summed E-state index contributed by atoms with van der Waals surface area (Å²) in [4.78, 5) is 13.8. The average molecular weight is 463 g/mol. The molecule has 4 N–H and O–H groups in total. The number of hydrogen-bond acceptors (Lipinski definition) is 8. The molecule has 0 aliphatic carbocycles. The molecular formula is C24H42N6OS. The van der Waals surface area contributed by atoms with E-state index in [9.17, 15) is 0 Å². The largest absolute Gasteiger partial charge is 0.397 e. The van der Waals surface area contributed by atoms with Crippen molar-refractivity contribution in [2.75, 3.05) is 44.9 Å². The molecule has 1 atom stereocenters. The van der Waals surface area contributed by atoms with Gasteiger partial charge in [-0.15, -0.1) is 11.8 Å². The van der Waals surface area contributed by atoms with Crippen LogP contribution in [0.15, 0.2) is 35.5 Å². The minimum atomic E-state index is 0.202. The Balaban J connectivity index is 0.00000121. The van der Waals surface area contributed by atoms with Gasteiger partial charge in [0.1, 0.15) is 10.7 Å². The van der Waals surface area contributed by atoms with Crippen molar-refractivity contribution in [2.45, 2.75) is 47.6 Å². The van der Waals surface area contributed by atoms with Crippen LogP contribution >= 0.6 is 11.8 Å². The monoisotopic (exact) mass is 462 g/mol. The summed E-state index contributed by atoms with van der Waals surface area (Å²) < 4.78 is 0. The van der Waals surface area contributed by atoms with Crippen molar-refractivity contribution >= 4 is 28.4 Å². The average Bonchev–Trinajstić information content (AvgIpc) is 2.76. The minimum Gasteiger partial charge on any atom is -0.397 e. The summed E-state index contributed by atoms with van der Waals surface area (Å²) in [6, 6.07) is 8.43. The summed E-state index contributed by atoms with van der Waals surface area (Å²) in [6.45, 7) is 15.3. The standard InChI is InChI=1S/C19H27N5S.C3H9N.C2H6O/c1-6-20-12-15(4)22-18(25-5)17-7-8-21-19(24-17)23-16-10-13(2)9-14(3)11-16;1-3-4-2;1-2-3/h7-11,15,20H,6,12H2,1-5H3,(H,21,23,24);4H,3H2,1-2H3;3H,2H2,1H3. The Morgan fingerprint density at radius 2 is 1.72 bits per heavy atom. The van der Waals surface area contributed by atoms with Gasteiger partial charge in [-0.25, -0.2) is 9.97 Å². The van der Waals surface area contributed by atoms with Crippen LogP contribution in [-0.4, -0.2) is 65.7 Å². The van der Waals surface area contributed by atoms with Crippen LogP contribution < -0.4 is 16.0 Å². The molecule has 7 nitrogen and oxygen atoms in total. The predicted molar refractivity (Wildman–Crippen MR) is 142 cm³/mol. The summed E-state index contributed by atoms with van der Waals surface area (Å²) in [7, 11) is 1.93. The second kappa shape index (κ2) is 18.6. The van der Waals surface area contributed by atoms with E-state index in [1.165, 1.54) is 11.1 Å². The molecule has 0 saturated carbocycles. The molecule has 1 aromatic carbocycles. The zero-order valence-corrected chi connectivity index (χ0v) is 21.8. The lowest BCUT2D eigenvalue weighted by molar-refractivity contribution is 0.318. The molecule has 2 aromatic rings. The number of anilines is 2. The maximum atomic E-state index is 7.57. The van der Waals surface area contributed by atoms with Crippen LogP contribution in [0.3, 0.4) is 0 Å². The molecular weight excluding hydrogens is 420 g/mol. The number of benzene rings is 1. The summed E-state index contributed by atoms with van der Waals surface area (Å²) >= 11 is 1.61. The molecule has 1 unspecified atom stereocenters. The third-order valence-electron chi connectivity index (χ3n) is 3.93. The van der Waals surface area contributed by atoms with E-state index in [1.807, 2.05) is 19.4 Å². The van der Waals surface area contributed by atoms with Gasteiger partial charge in [0.15, 0.2) is 0 Å². The van der Waals surface area contributed by atoms with Gasteiger partial charge in [-0.1, -0.05) is 19.9 Å². The van der Waals surface area contributed by atoms with E-state index in [-0.39, 0.29) is 12.6 Å². The van der Waals surface area contributed by atoms with Gasteiger partial charge < -0.3 is 21.1 Å². The van der Waals surface area contributed by atoms with Crippen LogP contribution in [0, 0.1) is 13.8 Å². The number of aryl methyl sites for hydroxylation is 2. The Bertz CT molecular complexity index is 763. The fourth-order valence-electron chi connectivity index (χ4n) is 2.54. The third-order valence-corrected chi connectivity index (χ3v) is 4.63. The Hall–Kier alpha value is -2.00. The summed E-state index contributed by atoms with van der Waals surface area (Å²) in [6.07, 6.45) is 3.80. The van der Waals surface area contributed by atoms with Crippen molar-refractivity contribution in [1.29, 1.82) is 0 Å². The molecule has 0 amide bonds. The Kier molecular flexibility index (Phi) is 17.4. The highest BCUT2D eigenvalue weighted by molar-refractivity contribution is 8.13. The fraction of sp³-hybridized carbons (Fsp3) is 0.542. The smallest absolute Gasteiger partial charge is 0.227 e. The first-order valence-corrected chi connectivity index (χ1v) is 12.3. The van der Waals surface area contributed by atoms with E-state index >= 15 is 0 Å². The van der Waals surface area contributed by atoms with E-state index in [2.05, 4.69) is 78.7 Å². The number of rotatable bonds is 8. The van der Waals surface area contributed by atoms with E-state index in [4.69, 9.17) is 10.1 Å². The molecule has 180 valence electrons. The number of nitrogens with one attached hydrogen (secondary N) is 3. The van der Waals surface area contributed by atoms with Crippen molar-refractivity contribution in [3.05, 3.63) is 47.3 Å². The van der Waals surface area contributed by atoms with Crippen LogP contribution in [0.5, 0.6) is 0 Å². The lowest BCUT2D eigenvalue weighted by Gasteiger charge is -2.11. The van der Waals surface area contributed by atoms with Gasteiger partial charge in [0.2, 0.25) is 5.95 Å². The zero-order chi connectivity index (χ0) is 24.4. The van der Waals surface area contributed by atoms with Gasteiger partial charge in [-0.05, 0) is 83.4 Å². The number of aliphatic hydroxyl groups excluding tert-OH is 1. The van der Waals surface area contributed by atoms with Crippen LogP contribution in [0.1, 0.15) is 44.5 Å². The second-order valence-electron chi connectivity index (χ2n) is 7.09. The number of hydrogen-bond donors (Lipinski definition) is 4. The first-order valence-electron chi connectivity index (χ1n) is 11.1. The number of thioether (sulfide) groups is 1. The first-order chi connectivity index (χ1) is 15.3.